The normalized spacial score (nSPS) is 11.4. The monoisotopic (exact) mass is 458 g/mol. The molecule has 1 aromatic heterocycles. The van der Waals surface area contributed by atoms with Gasteiger partial charge < -0.3 is 18.9 Å². The number of halogens is 1. The predicted molar refractivity (Wildman–Crippen MR) is 132 cm³/mol. The summed E-state index contributed by atoms with van der Waals surface area (Å²) in [5.74, 6) is 1.24. The van der Waals surface area contributed by atoms with E-state index in [2.05, 4.69) is 15.8 Å². The molecule has 34 heavy (non-hydrogen) atoms. The minimum Gasteiger partial charge on any atom is -0.497 e. The summed E-state index contributed by atoms with van der Waals surface area (Å²) in [5, 5.41) is 4.29. The molecule has 4 aromatic rings. The Kier molecular flexibility index (Phi) is 6.97. The van der Waals surface area contributed by atoms with Gasteiger partial charge in [0.25, 0.3) is 0 Å². The number of rotatable bonds is 8. The summed E-state index contributed by atoms with van der Waals surface area (Å²) in [6.07, 6.45) is 0. The van der Waals surface area contributed by atoms with Crippen molar-refractivity contribution in [1.29, 1.82) is 0 Å². The number of para-hydroxylation sites is 2. The molecule has 4 rings (SSSR count). The van der Waals surface area contributed by atoms with Gasteiger partial charge >= 0.3 is 0 Å². The average molecular weight is 459 g/mol. The van der Waals surface area contributed by atoms with Crippen molar-refractivity contribution in [2.75, 3.05) is 14.2 Å². The summed E-state index contributed by atoms with van der Waals surface area (Å²) < 4.78 is 27.0. The molecular formula is C28H27FN2O3. The first-order valence-corrected chi connectivity index (χ1v) is 10.9. The highest BCUT2D eigenvalue weighted by Crippen LogP contribution is 2.34. The van der Waals surface area contributed by atoms with E-state index in [0.717, 1.165) is 39.7 Å². The molecule has 174 valence electrons. The molecule has 0 aliphatic carbocycles. The van der Waals surface area contributed by atoms with Crippen molar-refractivity contribution in [2.24, 2.45) is 5.16 Å². The van der Waals surface area contributed by atoms with Crippen LogP contribution in [0.3, 0.4) is 0 Å². The summed E-state index contributed by atoms with van der Waals surface area (Å²) in [4.78, 5) is 5.50. The third-order valence-corrected chi connectivity index (χ3v) is 5.73. The molecule has 0 atom stereocenters. The second kappa shape index (κ2) is 10.3. The molecule has 6 heteroatoms. The maximum Gasteiger partial charge on any atom is 0.145 e. The molecular weight excluding hydrogens is 431 g/mol. The minimum atomic E-state index is -0.310. The van der Waals surface area contributed by atoms with E-state index in [4.69, 9.17) is 14.3 Å². The zero-order valence-corrected chi connectivity index (χ0v) is 19.7. The Bertz CT molecular complexity index is 1310. The Labute approximate surface area is 199 Å². The highest BCUT2D eigenvalue weighted by molar-refractivity contribution is 6.01. The molecule has 0 aliphatic rings. The molecule has 0 spiro atoms. The SMILES string of the molecule is COc1ccc(-c2cc(/C(C)=N\OCc3ccccc3F)c(C)n2-c2ccccc2OC)cc1. The third-order valence-electron chi connectivity index (χ3n) is 5.73. The van der Waals surface area contributed by atoms with Crippen molar-refractivity contribution >= 4 is 5.71 Å². The van der Waals surface area contributed by atoms with E-state index in [-0.39, 0.29) is 12.4 Å². The zero-order chi connectivity index (χ0) is 24.1. The van der Waals surface area contributed by atoms with Crippen LogP contribution in [0.2, 0.25) is 0 Å². The molecule has 0 saturated heterocycles. The van der Waals surface area contributed by atoms with Crippen molar-refractivity contribution in [2.45, 2.75) is 20.5 Å². The van der Waals surface area contributed by atoms with Crippen LogP contribution in [0.4, 0.5) is 4.39 Å². The highest BCUT2D eigenvalue weighted by atomic mass is 19.1. The predicted octanol–water partition coefficient (Wildman–Crippen LogP) is 6.55. The molecule has 3 aromatic carbocycles. The van der Waals surface area contributed by atoms with E-state index in [0.29, 0.717) is 11.3 Å². The molecule has 0 fully saturated rings. The Hall–Kier alpha value is -4.06. The van der Waals surface area contributed by atoms with Gasteiger partial charge in [-0.1, -0.05) is 35.5 Å². The van der Waals surface area contributed by atoms with Gasteiger partial charge in [-0.15, -0.1) is 0 Å². The molecule has 0 aliphatic heterocycles. The number of ether oxygens (including phenoxy) is 2. The van der Waals surface area contributed by atoms with Gasteiger partial charge in [0, 0.05) is 16.8 Å². The fourth-order valence-corrected chi connectivity index (χ4v) is 3.94. The van der Waals surface area contributed by atoms with Crippen molar-refractivity contribution < 1.29 is 18.7 Å². The number of hydrogen-bond donors (Lipinski definition) is 0. The van der Waals surface area contributed by atoms with E-state index < -0.39 is 0 Å². The second-order valence-electron chi connectivity index (χ2n) is 7.81. The summed E-state index contributed by atoms with van der Waals surface area (Å²) in [7, 11) is 3.31. The largest absolute Gasteiger partial charge is 0.497 e. The first-order valence-electron chi connectivity index (χ1n) is 10.9. The lowest BCUT2D eigenvalue weighted by Gasteiger charge is -2.16. The minimum absolute atomic E-state index is 0.0572. The average Bonchev–Trinajstić information content (AvgIpc) is 3.22. The number of nitrogens with zero attached hydrogens (tertiary/aromatic N) is 2. The van der Waals surface area contributed by atoms with E-state index in [1.807, 2.05) is 62.4 Å². The standard InChI is InChI=1S/C28H27FN2O3/c1-19(30-34-18-22-9-5-6-10-25(22)29)24-17-27(21-13-15-23(32-3)16-14-21)31(20(24)2)26-11-7-8-12-28(26)33-4/h5-17H,18H2,1-4H3/b30-19-. The van der Waals surface area contributed by atoms with Gasteiger partial charge in [0.2, 0.25) is 0 Å². The van der Waals surface area contributed by atoms with Crippen LogP contribution in [0.25, 0.3) is 16.9 Å². The smallest absolute Gasteiger partial charge is 0.145 e. The van der Waals surface area contributed by atoms with Gasteiger partial charge in [-0.3, -0.25) is 0 Å². The van der Waals surface area contributed by atoms with Crippen LogP contribution in [0, 0.1) is 12.7 Å². The lowest BCUT2D eigenvalue weighted by Crippen LogP contribution is -2.04. The molecule has 5 nitrogen and oxygen atoms in total. The lowest BCUT2D eigenvalue weighted by atomic mass is 10.1. The maximum absolute atomic E-state index is 13.9. The summed E-state index contributed by atoms with van der Waals surface area (Å²) in [6, 6.07) is 24.4. The third kappa shape index (κ3) is 4.66. The lowest BCUT2D eigenvalue weighted by molar-refractivity contribution is 0.128. The van der Waals surface area contributed by atoms with Crippen LogP contribution in [-0.4, -0.2) is 24.5 Å². The quantitative estimate of drug-likeness (QED) is 0.222. The van der Waals surface area contributed by atoms with Crippen LogP contribution >= 0.6 is 0 Å². The summed E-state index contributed by atoms with van der Waals surface area (Å²) >= 11 is 0. The van der Waals surface area contributed by atoms with Gasteiger partial charge in [0.05, 0.1) is 31.3 Å². The fraction of sp³-hybridized carbons (Fsp3) is 0.179. The molecule has 0 unspecified atom stereocenters. The highest BCUT2D eigenvalue weighted by Gasteiger charge is 2.19. The van der Waals surface area contributed by atoms with E-state index in [9.17, 15) is 4.39 Å². The molecule has 1 heterocycles. The van der Waals surface area contributed by atoms with Gasteiger partial charge in [-0.05, 0) is 67.9 Å². The van der Waals surface area contributed by atoms with Crippen LogP contribution in [0.5, 0.6) is 11.5 Å². The van der Waals surface area contributed by atoms with Crippen molar-refractivity contribution in [3.63, 3.8) is 0 Å². The maximum atomic E-state index is 13.9. The van der Waals surface area contributed by atoms with Crippen LogP contribution in [0.15, 0.2) is 84.0 Å². The fourth-order valence-electron chi connectivity index (χ4n) is 3.94. The molecule has 0 amide bonds. The van der Waals surface area contributed by atoms with Gasteiger partial charge in [-0.2, -0.15) is 0 Å². The Morgan fingerprint density at radius 1 is 0.912 bits per heavy atom. The molecule has 0 radical (unpaired) electrons. The topological polar surface area (TPSA) is 45.0 Å². The molecule has 0 saturated carbocycles. The number of benzene rings is 3. The summed E-state index contributed by atoms with van der Waals surface area (Å²) in [5.41, 5.74) is 5.96. The Morgan fingerprint density at radius 2 is 1.62 bits per heavy atom. The summed E-state index contributed by atoms with van der Waals surface area (Å²) in [6.45, 7) is 3.97. The number of methoxy groups -OCH3 is 2. The van der Waals surface area contributed by atoms with E-state index >= 15 is 0 Å². The van der Waals surface area contributed by atoms with E-state index in [1.165, 1.54) is 6.07 Å². The first-order chi connectivity index (χ1) is 16.5. The Balaban J connectivity index is 1.76. The van der Waals surface area contributed by atoms with Crippen molar-refractivity contribution in [3.05, 3.63) is 102 Å². The second-order valence-corrected chi connectivity index (χ2v) is 7.81. The molecule has 0 N–H and O–H groups in total. The molecule has 0 bridgehead atoms. The zero-order valence-electron chi connectivity index (χ0n) is 19.7. The number of aromatic nitrogens is 1. The van der Waals surface area contributed by atoms with Gasteiger partial charge in [0.15, 0.2) is 0 Å². The van der Waals surface area contributed by atoms with Crippen LogP contribution in [-0.2, 0) is 11.4 Å². The Morgan fingerprint density at radius 3 is 2.32 bits per heavy atom. The van der Waals surface area contributed by atoms with Crippen molar-refractivity contribution in [1.82, 2.24) is 4.57 Å². The van der Waals surface area contributed by atoms with Gasteiger partial charge in [-0.25, -0.2) is 4.39 Å². The van der Waals surface area contributed by atoms with Gasteiger partial charge in [0.1, 0.15) is 23.9 Å². The van der Waals surface area contributed by atoms with Crippen LogP contribution in [0.1, 0.15) is 23.7 Å². The number of oxime groups is 1. The first kappa shape index (κ1) is 23.1. The van der Waals surface area contributed by atoms with Crippen LogP contribution < -0.4 is 9.47 Å². The van der Waals surface area contributed by atoms with E-state index in [1.54, 1.807) is 32.4 Å². The van der Waals surface area contributed by atoms with Crippen molar-refractivity contribution in [3.8, 4) is 28.4 Å². The number of hydrogen-bond acceptors (Lipinski definition) is 4.